The Balaban J connectivity index is 1.94. The molecule has 0 aromatic heterocycles. The van der Waals surface area contributed by atoms with E-state index in [9.17, 15) is 15.3 Å². The molecule has 1 aliphatic heterocycles. The highest BCUT2D eigenvalue weighted by molar-refractivity contribution is 4.87. The van der Waals surface area contributed by atoms with Crippen LogP contribution in [-0.4, -0.2) is 59.6 Å². The van der Waals surface area contributed by atoms with Gasteiger partial charge in [-0.1, -0.05) is 38.3 Å². The molecule has 0 spiro atoms. The smallest absolute Gasteiger partial charge is 0.114 e. The molecule has 5 heteroatoms. The molecule has 3 N–H and O–H groups in total. The first-order valence-corrected chi connectivity index (χ1v) is 8.55. The molecule has 22 heavy (non-hydrogen) atoms. The van der Waals surface area contributed by atoms with Gasteiger partial charge in [-0.3, -0.25) is 0 Å². The van der Waals surface area contributed by atoms with Crippen molar-refractivity contribution < 1.29 is 24.8 Å². The largest absolute Gasteiger partial charge is 0.388 e. The monoisotopic (exact) mass is 316 g/mol. The predicted molar refractivity (Wildman–Crippen MR) is 85.7 cm³/mol. The zero-order valence-corrected chi connectivity index (χ0v) is 13.7. The molecule has 0 aromatic rings. The van der Waals surface area contributed by atoms with Crippen molar-refractivity contribution in [1.29, 1.82) is 0 Å². The molecule has 1 fully saturated rings. The SMILES string of the molecule is CCCCCC/C=C/CCCOC[C@H](O)[C@@H]1OC[C@@H](O)[C@@H]1O. The second kappa shape index (κ2) is 12.0. The minimum absolute atomic E-state index is 0.0615. The molecule has 0 radical (unpaired) electrons. The fourth-order valence-corrected chi connectivity index (χ4v) is 2.49. The van der Waals surface area contributed by atoms with Crippen molar-refractivity contribution in [3.05, 3.63) is 12.2 Å². The molecule has 0 aliphatic carbocycles. The average molecular weight is 316 g/mol. The van der Waals surface area contributed by atoms with E-state index in [1.165, 1.54) is 25.7 Å². The molecule has 1 saturated heterocycles. The normalized spacial score (nSPS) is 26.8. The van der Waals surface area contributed by atoms with E-state index in [-0.39, 0.29) is 13.2 Å². The van der Waals surface area contributed by atoms with Crippen LogP contribution in [0.2, 0.25) is 0 Å². The molecule has 1 aliphatic rings. The molecular formula is C17H32O5. The molecular weight excluding hydrogens is 284 g/mol. The van der Waals surface area contributed by atoms with E-state index in [1.807, 2.05) is 0 Å². The molecule has 1 rings (SSSR count). The third-order valence-corrected chi connectivity index (χ3v) is 3.91. The van der Waals surface area contributed by atoms with Gasteiger partial charge in [0.25, 0.3) is 0 Å². The first-order chi connectivity index (χ1) is 10.7. The molecule has 0 amide bonds. The molecule has 1 heterocycles. The van der Waals surface area contributed by atoms with Crippen molar-refractivity contribution in [2.75, 3.05) is 19.8 Å². The predicted octanol–water partition coefficient (Wildman–Crippen LogP) is 1.79. The summed E-state index contributed by atoms with van der Waals surface area (Å²) in [6, 6.07) is 0. The lowest BCUT2D eigenvalue weighted by Gasteiger charge is -2.20. The minimum Gasteiger partial charge on any atom is -0.388 e. The second-order valence-electron chi connectivity index (χ2n) is 5.96. The molecule has 0 aromatic carbocycles. The summed E-state index contributed by atoms with van der Waals surface area (Å²) in [7, 11) is 0. The molecule has 5 nitrogen and oxygen atoms in total. The van der Waals surface area contributed by atoms with Crippen molar-refractivity contribution in [1.82, 2.24) is 0 Å². The number of hydrogen-bond acceptors (Lipinski definition) is 5. The van der Waals surface area contributed by atoms with Gasteiger partial charge in [0.2, 0.25) is 0 Å². The summed E-state index contributed by atoms with van der Waals surface area (Å²) < 4.78 is 10.5. The summed E-state index contributed by atoms with van der Waals surface area (Å²) in [5.41, 5.74) is 0. The van der Waals surface area contributed by atoms with Crippen LogP contribution in [0.1, 0.15) is 51.9 Å². The fraction of sp³-hybridized carbons (Fsp3) is 0.882. The zero-order chi connectivity index (χ0) is 16.2. The summed E-state index contributed by atoms with van der Waals surface area (Å²) in [6.07, 6.45) is 9.03. The van der Waals surface area contributed by atoms with Gasteiger partial charge in [0, 0.05) is 6.61 Å². The Kier molecular flexibility index (Phi) is 10.7. The topological polar surface area (TPSA) is 79.2 Å². The van der Waals surface area contributed by atoms with Gasteiger partial charge in [0.1, 0.15) is 24.4 Å². The van der Waals surface area contributed by atoms with Crippen molar-refractivity contribution >= 4 is 0 Å². The number of allylic oxidation sites excluding steroid dienone is 2. The number of aliphatic hydroxyl groups is 3. The Morgan fingerprint density at radius 3 is 2.50 bits per heavy atom. The summed E-state index contributed by atoms with van der Waals surface area (Å²) >= 11 is 0. The van der Waals surface area contributed by atoms with E-state index < -0.39 is 24.4 Å². The maximum atomic E-state index is 9.85. The van der Waals surface area contributed by atoms with Crippen molar-refractivity contribution in [3.63, 3.8) is 0 Å². The lowest BCUT2D eigenvalue weighted by atomic mass is 10.1. The molecule has 130 valence electrons. The number of unbranched alkanes of at least 4 members (excludes halogenated alkanes) is 5. The van der Waals surface area contributed by atoms with Gasteiger partial charge >= 0.3 is 0 Å². The maximum absolute atomic E-state index is 9.85. The average Bonchev–Trinajstić information content (AvgIpc) is 2.84. The van der Waals surface area contributed by atoms with Crippen LogP contribution in [0.15, 0.2) is 12.2 Å². The molecule has 0 unspecified atom stereocenters. The van der Waals surface area contributed by atoms with Crippen molar-refractivity contribution in [2.45, 2.75) is 76.3 Å². The van der Waals surface area contributed by atoms with E-state index in [0.29, 0.717) is 6.61 Å². The van der Waals surface area contributed by atoms with Gasteiger partial charge in [-0.05, 0) is 25.7 Å². The Morgan fingerprint density at radius 1 is 1.14 bits per heavy atom. The van der Waals surface area contributed by atoms with Crippen LogP contribution in [0.5, 0.6) is 0 Å². The lowest BCUT2D eigenvalue weighted by molar-refractivity contribution is -0.0811. The second-order valence-corrected chi connectivity index (χ2v) is 5.96. The first-order valence-electron chi connectivity index (χ1n) is 8.55. The number of ether oxygens (including phenoxy) is 2. The quantitative estimate of drug-likeness (QED) is 0.378. The van der Waals surface area contributed by atoms with Gasteiger partial charge in [-0.15, -0.1) is 0 Å². The van der Waals surface area contributed by atoms with E-state index >= 15 is 0 Å². The summed E-state index contributed by atoms with van der Waals surface area (Å²) in [6.45, 7) is 2.97. The van der Waals surface area contributed by atoms with Gasteiger partial charge in [0.15, 0.2) is 0 Å². The van der Waals surface area contributed by atoms with Gasteiger partial charge in [-0.2, -0.15) is 0 Å². The summed E-state index contributed by atoms with van der Waals surface area (Å²) in [5, 5.41) is 28.8. The van der Waals surface area contributed by atoms with E-state index in [2.05, 4.69) is 19.1 Å². The molecule has 4 atom stereocenters. The van der Waals surface area contributed by atoms with Crippen LogP contribution in [0.25, 0.3) is 0 Å². The Bertz CT molecular complexity index is 295. The van der Waals surface area contributed by atoms with Crippen LogP contribution < -0.4 is 0 Å². The first kappa shape index (κ1) is 19.6. The van der Waals surface area contributed by atoms with Gasteiger partial charge in [-0.25, -0.2) is 0 Å². The third-order valence-electron chi connectivity index (χ3n) is 3.91. The Morgan fingerprint density at radius 2 is 1.86 bits per heavy atom. The van der Waals surface area contributed by atoms with Crippen LogP contribution in [0.4, 0.5) is 0 Å². The highest BCUT2D eigenvalue weighted by atomic mass is 16.5. The highest BCUT2D eigenvalue weighted by Gasteiger charge is 2.39. The fourth-order valence-electron chi connectivity index (χ4n) is 2.49. The van der Waals surface area contributed by atoms with E-state index in [4.69, 9.17) is 9.47 Å². The summed E-state index contributed by atoms with van der Waals surface area (Å²) in [5.74, 6) is 0. The number of hydrogen-bond donors (Lipinski definition) is 3. The number of rotatable bonds is 12. The Hall–Kier alpha value is -0.460. The van der Waals surface area contributed by atoms with Crippen molar-refractivity contribution in [3.8, 4) is 0 Å². The van der Waals surface area contributed by atoms with Crippen molar-refractivity contribution in [2.24, 2.45) is 0 Å². The van der Waals surface area contributed by atoms with Gasteiger partial charge < -0.3 is 24.8 Å². The van der Waals surface area contributed by atoms with Crippen LogP contribution >= 0.6 is 0 Å². The standard InChI is InChI=1S/C17H32O5/c1-2-3-4-5-6-7-8-9-10-11-21-12-15(19)17-16(20)14(18)13-22-17/h7-8,14-20H,2-6,9-13H2,1H3/b8-7+/t14-,15+,16+,17+/m1/s1. The number of aliphatic hydroxyl groups excluding tert-OH is 3. The summed E-state index contributed by atoms with van der Waals surface area (Å²) in [4.78, 5) is 0. The van der Waals surface area contributed by atoms with Crippen LogP contribution in [0.3, 0.4) is 0 Å². The van der Waals surface area contributed by atoms with Crippen LogP contribution in [-0.2, 0) is 9.47 Å². The Labute approximate surface area is 133 Å². The third kappa shape index (κ3) is 7.70. The van der Waals surface area contributed by atoms with Gasteiger partial charge in [0.05, 0.1) is 13.2 Å². The highest BCUT2D eigenvalue weighted by Crippen LogP contribution is 2.17. The van der Waals surface area contributed by atoms with E-state index in [0.717, 1.165) is 19.3 Å². The van der Waals surface area contributed by atoms with Crippen LogP contribution in [0, 0.1) is 0 Å². The maximum Gasteiger partial charge on any atom is 0.114 e. The molecule has 0 saturated carbocycles. The zero-order valence-electron chi connectivity index (χ0n) is 13.7. The lowest BCUT2D eigenvalue weighted by Crippen LogP contribution is -2.40. The molecule has 0 bridgehead atoms. The van der Waals surface area contributed by atoms with E-state index in [1.54, 1.807) is 0 Å². The minimum atomic E-state index is -1.03.